The van der Waals surface area contributed by atoms with Gasteiger partial charge in [0.15, 0.2) is 5.82 Å². The molecule has 1 fully saturated rings. The minimum atomic E-state index is -4.61. The van der Waals surface area contributed by atoms with Crippen LogP contribution in [0, 0.1) is 11.8 Å². The van der Waals surface area contributed by atoms with Crippen LogP contribution in [-0.2, 0) is 17.4 Å². The lowest BCUT2D eigenvalue weighted by Crippen LogP contribution is -2.56. The zero-order chi connectivity index (χ0) is 30.8. The number of carbonyl (C=O) groups excluding carboxylic acids is 2. The van der Waals surface area contributed by atoms with Gasteiger partial charge in [0.2, 0.25) is 5.91 Å². The number of carbonyl (C=O) groups is 2. The highest BCUT2D eigenvalue weighted by Gasteiger charge is 2.48. The Kier molecular flexibility index (Phi) is 7.26. The van der Waals surface area contributed by atoms with Gasteiger partial charge >= 0.3 is 6.18 Å². The van der Waals surface area contributed by atoms with Crippen molar-refractivity contribution in [3.63, 3.8) is 0 Å². The Morgan fingerprint density at radius 1 is 1.21 bits per heavy atom. The second-order valence-corrected chi connectivity index (χ2v) is 12.5. The Bertz CT molecular complexity index is 1730. The number of fused-ring (bicyclic) bond motifs is 4. The number of rotatable bonds is 5. The first kappa shape index (κ1) is 29.2. The number of halogens is 4. The van der Waals surface area contributed by atoms with E-state index in [9.17, 15) is 22.8 Å². The Morgan fingerprint density at radius 2 is 1.98 bits per heavy atom. The molecule has 226 valence electrons. The first-order valence-electron chi connectivity index (χ1n) is 14.1. The third kappa shape index (κ3) is 4.96. The smallest absolute Gasteiger partial charge is 0.371 e. The highest BCUT2D eigenvalue weighted by molar-refractivity contribution is 9.10. The molecule has 0 bridgehead atoms. The summed E-state index contributed by atoms with van der Waals surface area (Å²) in [5.74, 6) is 0.548. The van der Waals surface area contributed by atoms with Crippen molar-refractivity contribution in [2.24, 2.45) is 11.8 Å². The van der Waals surface area contributed by atoms with E-state index in [0.29, 0.717) is 36.1 Å². The summed E-state index contributed by atoms with van der Waals surface area (Å²) in [5.41, 5.74) is 1.39. The van der Waals surface area contributed by atoms with Gasteiger partial charge in [0, 0.05) is 40.6 Å². The van der Waals surface area contributed by atoms with Crippen LogP contribution >= 0.6 is 15.9 Å². The molecule has 2 aromatic carbocycles. The first-order valence-corrected chi connectivity index (χ1v) is 14.9. The summed E-state index contributed by atoms with van der Waals surface area (Å²) in [5, 5.41) is 16.0. The number of H-pyrrole nitrogens is 1. The van der Waals surface area contributed by atoms with E-state index in [1.807, 2.05) is 29.8 Å². The van der Waals surface area contributed by atoms with Crippen LogP contribution < -0.4 is 10.2 Å². The third-order valence-electron chi connectivity index (χ3n) is 8.33. The molecule has 1 saturated heterocycles. The van der Waals surface area contributed by atoms with Crippen molar-refractivity contribution < 1.29 is 22.8 Å². The van der Waals surface area contributed by atoms with Crippen LogP contribution in [0.2, 0.25) is 0 Å². The van der Waals surface area contributed by atoms with Crippen molar-refractivity contribution in [2.45, 2.75) is 51.9 Å². The van der Waals surface area contributed by atoms with Gasteiger partial charge in [0.25, 0.3) is 5.91 Å². The van der Waals surface area contributed by atoms with Crippen LogP contribution in [0.3, 0.4) is 0 Å². The number of hydrogen-bond donors (Lipinski definition) is 2. The fraction of sp³-hybridized carbons (Fsp3) is 0.400. The average Bonchev–Trinajstić information content (AvgIpc) is 3.56. The van der Waals surface area contributed by atoms with Crippen molar-refractivity contribution in [1.29, 1.82) is 0 Å². The summed E-state index contributed by atoms with van der Waals surface area (Å²) < 4.78 is 42.5. The summed E-state index contributed by atoms with van der Waals surface area (Å²) in [4.78, 5) is 31.3. The summed E-state index contributed by atoms with van der Waals surface area (Å²) >= 11 is 2.95. The number of aromatic amines is 1. The second-order valence-electron chi connectivity index (χ2n) is 11.7. The zero-order valence-electron chi connectivity index (χ0n) is 24.0. The molecule has 2 aliphatic heterocycles. The van der Waals surface area contributed by atoms with Crippen molar-refractivity contribution in [1.82, 2.24) is 24.9 Å². The number of alkyl halides is 3. The molecule has 2 N–H and O–H groups in total. The maximum Gasteiger partial charge on any atom is 0.417 e. The van der Waals surface area contributed by atoms with Gasteiger partial charge < -0.3 is 10.2 Å². The van der Waals surface area contributed by atoms with E-state index in [1.165, 1.54) is 12.1 Å². The first-order chi connectivity index (χ1) is 20.4. The van der Waals surface area contributed by atoms with Crippen LogP contribution in [0.4, 0.5) is 30.5 Å². The molecule has 0 aliphatic carbocycles. The van der Waals surface area contributed by atoms with Gasteiger partial charge in [-0.1, -0.05) is 29.8 Å². The number of hydrogen-bond acceptors (Lipinski definition) is 5. The molecule has 4 heterocycles. The maximum atomic E-state index is 14.4. The molecule has 2 aliphatic rings. The monoisotopic (exact) mass is 657 g/mol. The number of benzene rings is 2. The van der Waals surface area contributed by atoms with Gasteiger partial charge in [0.05, 0.1) is 34.9 Å². The molecule has 0 radical (unpaired) electrons. The van der Waals surface area contributed by atoms with Crippen LogP contribution in [0.25, 0.3) is 10.9 Å². The number of nitrogens with one attached hydrogen (secondary N) is 2. The zero-order valence-corrected chi connectivity index (χ0v) is 25.6. The fourth-order valence-corrected chi connectivity index (χ4v) is 6.79. The van der Waals surface area contributed by atoms with Crippen molar-refractivity contribution in [2.75, 3.05) is 23.8 Å². The van der Waals surface area contributed by atoms with Gasteiger partial charge in [-0.2, -0.15) is 23.4 Å². The maximum absolute atomic E-state index is 14.4. The lowest BCUT2D eigenvalue weighted by Gasteiger charge is -2.47. The van der Waals surface area contributed by atoms with Crippen LogP contribution in [-0.4, -0.2) is 56.3 Å². The topological polar surface area (TPSA) is 99.2 Å². The van der Waals surface area contributed by atoms with Crippen molar-refractivity contribution in [3.8, 4) is 0 Å². The highest BCUT2D eigenvalue weighted by atomic mass is 79.9. The van der Waals surface area contributed by atoms with E-state index in [2.05, 4.69) is 45.3 Å². The van der Waals surface area contributed by atoms with Gasteiger partial charge in [-0.3, -0.25) is 19.6 Å². The molecule has 4 aromatic rings. The highest BCUT2D eigenvalue weighted by Crippen LogP contribution is 2.45. The standard InChI is InChI=1S/C30H31BrF3N7O2/c1-15(2)9-18-13-36-41-25-14-39(28(42)17-5-8-23(31)22(11-17)30(32,33)34)16(3)10-21(25)29(43)40(27(18)41)19-6-7-20-24(12-19)37-38-26(20)35-4/h5-8,11-13,15-16,21,25H,9-10,14H2,1-4H3,(H2,35,37,38)/t16-,21?,25?/m1/s1. The summed E-state index contributed by atoms with van der Waals surface area (Å²) in [6.45, 7) is 6.15. The van der Waals surface area contributed by atoms with Crippen LogP contribution in [0.1, 0.15) is 54.7 Å². The number of nitrogens with zero attached hydrogens (tertiary/aromatic N) is 5. The molecule has 13 heteroatoms. The van der Waals surface area contributed by atoms with Gasteiger partial charge in [-0.05, 0) is 62.1 Å². The van der Waals surface area contributed by atoms with Crippen molar-refractivity contribution in [3.05, 3.63) is 63.8 Å². The third-order valence-corrected chi connectivity index (χ3v) is 9.02. The normalized spacial score (nSPS) is 20.5. The minimum absolute atomic E-state index is 0.0560. The molecule has 43 heavy (non-hydrogen) atoms. The Balaban J connectivity index is 1.40. The lowest BCUT2D eigenvalue weighted by atomic mass is 9.84. The molecule has 6 rings (SSSR count). The Morgan fingerprint density at radius 3 is 2.67 bits per heavy atom. The van der Waals surface area contributed by atoms with E-state index in [-0.39, 0.29) is 22.5 Å². The molecule has 2 unspecified atom stereocenters. The molecule has 2 amide bonds. The molecule has 9 nitrogen and oxygen atoms in total. The SMILES string of the molecule is CNc1n[nH]c2cc(N3C(=O)C4C[C@@H](C)N(C(=O)c5ccc(Br)c(C(F)(F)F)c5)CC4n4ncc(CC(C)C)c43)ccc12. The molecule has 3 atom stereocenters. The molecular weight excluding hydrogens is 627 g/mol. The van der Waals surface area contributed by atoms with Crippen molar-refractivity contribution >= 4 is 56.0 Å². The summed E-state index contributed by atoms with van der Waals surface area (Å²) in [6, 6.07) is 8.35. The molecule has 2 aromatic heterocycles. The average molecular weight is 659 g/mol. The lowest BCUT2D eigenvalue weighted by molar-refractivity contribution is -0.138. The van der Waals surface area contributed by atoms with E-state index < -0.39 is 35.6 Å². The number of aromatic nitrogens is 4. The minimum Gasteiger partial charge on any atom is -0.371 e. The number of likely N-dealkylation sites (tertiary alicyclic amines) is 1. The summed E-state index contributed by atoms with van der Waals surface area (Å²) in [6.07, 6.45) is -1.81. The van der Waals surface area contributed by atoms with E-state index in [0.717, 1.165) is 22.5 Å². The Labute approximate surface area is 254 Å². The Hall–Kier alpha value is -3.87. The summed E-state index contributed by atoms with van der Waals surface area (Å²) in [7, 11) is 1.79. The predicted octanol–water partition coefficient (Wildman–Crippen LogP) is 6.55. The van der Waals surface area contributed by atoms with E-state index in [1.54, 1.807) is 23.0 Å². The van der Waals surface area contributed by atoms with Gasteiger partial charge in [-0.15, -0.1) is 0 Å². The van der Waals surface area contributed by atoms with Crippen LogP contribution in [0.15, 0.2) is 47.1 Å². The fourth-order valence-electron chi connectivity index (χ4n) is 6.32. The number of anilines is 3. The largest absolute Gasteiger partial charge is 0.417 e. The number of piperidine rings is 1. The number of amides is 2. The second kappa shape index (κ2) is 10.7. The van der Waals surface area contributed by atoms with Crippen LogP contribution in [0.5, 0.6) is 0 Å². The molecular formula is C30H31BrF3N7O2. The molecule has 0 saturated carbocycles. The van der Waals surface area contributed by atoms with Gasteiger partial charge in [0.1, 0.15) is 5.82 Å². The predicted molar refractivity (Wildman–Crippen MR) is 160 cm³/mol. The quantitative estimate of drug-likeness (QED) is 0.254. The molecule has 0 spiro atoms. The van der Waals surface area contributed by atoms with E-state index in [4.69, 9.17) is 5.10 Å². The van der Waals surface area contributed by atoms with Gasteiger partial charge in [-0.25, -0.2) is 4.68 Å². The van der Waals surface area contributed by atoms with E-state index >= 15 is 0 Å².